The number of nitrogens with zero attached hydrogens (tertiary/aromatic N) is 5. The number of guanidine groups is 1. The molecule has 3 aromatic carbocycles. The second kappa shape index (κ2) is 8.08. The number of fused-ring (bicyclic) bond motifs is 7. The van der Waals surface area contributed by atoms with Gasteiger partial charge in [0.1, 0.15) is 4.83 Å². The van der Waals surface area contributed by atoms with Crippen LogP contribution < -0.4 is 4.90 Å². The zero-order valence-corrected chi connectivity index (χ0v) is 27.0. The average Bonchev–Trinajstić information content (AvgIpc) is 3.58. The van der Waals surface area contributed by atoms with E-state index in [1.165, 1.54) is 30.3 Å². The summed E-state index contributed by atoms with van der Waals surface area (Å²) < 4.78 is 3.79. The van der Waals surface area contributed by atoms with Gasteiger partial charge in [-0.05, 0) is 67.5 Å². The maximum atomic E-state index is 5.53. The summed E-state index contributed by atoms with van der Waals surface area (Å²) in [5.74, 6) is 1.68. The Hall–Kier alpha value is -3.55. The van der Waals surface area contributed by atoms with Crippen LogP contribution in [-0.4, -0.2) is 43.0 Å². The van der Waals surface area contributed by atoms with Gasteiger partial charge in [0.25, 0.3) is 0 Å². The van der Waals surface area contributed by atoms with Crippen LogP contribution in [0.15, 0.2) is 71.7 Å². The smallest absolute Gasteiger partial charge is 0.234 e. The van der Waals surface area contributed by atoms with Crippen molar-refractivity contribution >= 4 is 75.1 Å². The first kappa shape index (κ1) is 26.1. The Kier molecular flexibility index (Phi) is 5.03. The second-order valence-corrected chi connectivity index (χ2v) is 15.8. The molecule has 3 aromatic heterocycles. The van der Waals surface area contributed by atoms with E-state index >= 15 is 0 Å². The summed E-state index contributed by atoms with van der Waals surface area (Å²) >= 11 is 3.60. The maximum Gasteiger partial charge on any atom is 0.234 e. The number of hydrogen-bond donors (Lipinski definition) is 0. The molecule has 8 rings (SSSR count). The van der Waals surface area contributed by atoms with E-state index in [0.29, 0.717) is 0 Å². The van der Waals surface area contributed by atoms with Crippen molar-refractivity contribution in [1.82, 2.24) is 14.9 Å². The van der Waals surface area contributed by atoms with Crippen molar-refractivity contribution in [2.75, 3.05) is 4.90 Å². The van der Waals surface area contributed by atoms with Crippen molar-refractivity contribution in [1.29, 1.82) is 0 Å². The lowest BCUT2D eigenvalue weighted by atomic mass is 9.76. The van der Waals surface area contributed by atoms with Crippen LogP contribution in [0.2, 0.25) is 0 Å². The highest BCUT2D eigenvalue weighted by Gasteiger charge is 2.66. The van der Waals surface area contributed by atoms with E-state index in [2.05, 4.69) is 132 Å². The van der Waals surface area contributed by atoms with Gasteiger partial charge in [0, 0.05) is 41.2 Å². The van der Waals surface area contributed by atoms with Crippen molar-refractivity contribution in [3.63, 3.8) is 0 Å². The molecule has 5 heterocycles. The Balaban J connectivity index is 1.46. The molecule has 2 aliphatic rings. The third kappa shape index (κ3) is 3.11. The van der Waals surface area contributed by atoms with Crippen LogP contribution in [-0.2, 0) is 0 Å². The molecule has 0 aliphatic carbocycles. The second-order valence-electron chi connectivity index (χ2n) is 13.7. The molecular formula is C35H35N5S2. The van der Waals surface area contributed by atoms with Crippen molar-refractivity contribution in [2.45, 2.75) is 77.5 Å². The van der Waals surface area contributed by atoms with Gasteiger partial charge in [-0.3, -0.25) is 4.90 Å². The van der Waals surface area contributed by atoms with Gasteiger partial charge < -0.3 is 4.90 Å². The largest absolute Gasteiger partial charge is 0.327 e. The highest BCUT2D eigenvalue weighted by Crippen LogP contribution is 2.54. The van der Waals surface area contributed by atoms with Crippen LogP contribution in [0.5, 0.6) is 0 Å². The molecule has 0 spiro atoms. The van der Waals surface area contributed by atoms with E-state index in [4.69, 9.17) is 15.0 Å². The molecule has 1 fully saturated rings. The molecule has 0 N–H and O–H groups in total. The molecule has 2 aliphatic heterocycles. The van der Waals surface area contributed by atoms with Gasteiger partial charge in [0.2, 0.25) is 11.9 Å². The van der Waals surface area contributed by atoms with E-state index < -0.39 is 0 Å². The first-order valence-corrected chi connectivity index (χ1v) is 16.3. The zero-order chi connectivity index (χ0) is 29.4. The zero-order valence-electron chi connectivity index (χ0n) is 25.4. The summed E-state index contributed by atoms with van der Waals surface area (Å²) in [6.07, 6.45) is 0. The van der Waals surface area contributed by atoms with Crippen molar-refractivity contribution < 1.29 is 0 Å². The van der Waals surface area contributed by atoms with E-state index in [-0.39, 0.29) is 22.2 Å². The number of benzene rings is 3. The molecule has 212 valence electrons. The Morgan fingerprint density at radius 1 is 0.619 bits per heavy atom. The van der Waals surface area contributed by atoms with E-state index in [9.17, 15) is 0 Å². The number of thiophene rings is 2. The average molecular weight is 590 g/mol. The molecule has 0 atom stereocenters. The fourth-order valence-corrected chi connectivity index (χ4v) is 9.32. The monoisotopic (exact) mass is 589 g/mol. The molecule has 42 heavy (non-hydrogen) atoms. The Labute approximate surface area is 254 Å². The quantitative estimate of drug-likeness (QED) is 0.202. The summed E-state index contributed by atoms with van der Waals surface area (Å²) in [4.78, 5) is 22.1. The fraction of sp³-hybridized carbons (Fsp3) is 0.343. The van der Waals surface area contributed by atoms with Crippen LogP contribution in [0.3, 0.4) is 0 Å². The number of aliphatic imine (C=N–C) groups is 1. The normalized spacial score (nSPS) is 20.2. The Morgan fingerprint density at radius 3 is 2.00 bits per heavy atom. The fourth-order valence-electron chi connectivity index (χ4n) is 7.04. The topological polar surface area (TPSA) is 44.6 Å². The molecule has 7 heteroatoms. The standard InChI is InChI=1S/C35H35N5S2/c1-32(2)33(3,4)40-31(38-32)39(34(5,6)35(40,7)8)30-36-27(26-22-15-10-12-19-25(22)42-29(26)37-30)23-17-13-16-21-20-14-9-11-18-24(20)41-28(21)23/h9-19H,1-8H3. The number of rotatable bonds is 2. The minimum absolute atomic E-state index is 0.176. The number of hydrogen-bond acceptors (Lipinski definition) is 7. The van der Waals surface area contributed by atoms with Gasteiger partial charge in [-0.15, -0.1) is 22.7 Å². The molecule has 6 aromatic rings. The Bertz CT molecular complexity index is 2130. The molecule has 0 saturated carbocycles. The van der Waals surface area contributed by atoms with Crippen molar-refractivity contribution in [3.8, 4) is 11.3 Å². The molecule has 5 nitrogen and oxygen atoms in total. The first-order chi connectivity index (χ1) is 19.8. The summed E-state index contributed by atoms with van der Waals surface area (Å²) in [6, 6.07) is 24.0. The molecule has 0 bridgehead atoms. The molecular weight excluding hydrogens is 555 g/mol. The lowest BCUT2D eigenvalue weighted by Gasteiger charge is -2.50. The molecule has 0 radical (unpaired) electrons. The lowest BCUT2D eigenvalue weighted by molar-refractivity contribution is 0.0528. The van der Waals surface area contributed by atoms with Gasteiger partial charge in [0.15, 0.2) is 0 Å². The van der Waals surface area contributed by atoms with Gasteiger partial charge in [-0.2, -0.15) is 0 Å². The van der Waals surface area contributed by atoms with Gasteiger partial charge in [-0.25, -0.2) is 15.0 Å². The molecule has 1 saturated heterocycles. The lowest BCUT2D eigenvalue weighted by Crippen LogP contribution is -2.63. The SMILES string of the molecule is CC1(C)N=C2N(c3nc(-c4cccc5c4sc4ccccc45)c4c(n3)sc3ccccc34)C(C)(C)C(C)(C)N2C1(C)C. The predicted octanol–water partition coefficient (Wildman–Crippen LogP) is 9.49. The number of aromatic nitrogens is 2. The number of anilines is 1. The van der Waals surface area contributed by atoms with Crippen LogP contribution in [0, 0.1) is 0 Å². The van der Waals surface area contributed by atoms with Crippen LogP contribution in [0.1, 0.15) is 55.4 Å². The van der Waals surface area contributed by atoms with Gasteiger partial charge in [-0.1, -0.05) is 54.6 Å². The van der Waals surface area contributed by atoms with E-state index in [0.717, 1.165) is 33.4 Å². The van der Waals surface area contributed by atoms with Crippen molar-refractivity contribution in [2.24, 2.45) is 4.99 Å². The minimum Gasteiger partial charge on any atom is -0.327 e. The van der Waals surface area contributed by atoms with Crippen LogP contribution in [0.4, 0.5) is 5.95 Å². The van der Waals surface area contributed by atoms with Gasteiger partial charge >= 0.3 is 0 Å². The van der Waals surface area contributed by atoms with Gasteiger partial charge in [0.05, 0.1) is 27.8 Å². The van der Waals surface area contributed by atoms with E-state index in [1.807, 2.05) is 11.3 Å². The molecule has 0 amide bonds. The third-order valence-electron chi connectivity index (χ3n) is 10.5. The van der Waals surface area contributed by atoms with E-state index in [1.54, 1.807) is 11.3 Å². The van der Waals surface area contributed by atoms with Crippen LogP contribution in [0.25, 0.3) is 51.7 Å². The summed E-state index contributed by atoms with van der Waals surface area (Å²) in [5.41, 5.74) is 1.19. The summed E-state index contributed by atoms with van der Waals surface area (Å²) in [5, 5.41) is 4.91. The third-order valence-corrected chi connectivity index (χ3v) is 12.8. The van der Waals surface area contributed by atoms with Crippen LogP contribution >= 0.6 is 22.7 Å². The van der Waals surface area contributed by atoms with Crippen molar-refractivity contribution in [3.05, 3.63) is 66.7 Å². The summed E-state index contributed by atoms with van der Waals surface area (Å²) in [7, 11) is 0. The highest BCUT2D eigenvalue weighted by atomic mass is 32.1. The Morgan fingerprint density at radius 2 is 1.26 bits per heavy atom. The first-order valence-electron chi connectivity index (χ1n) is 14.6. The maximum absolute atomic E-state index is 5.53. The molecule has 0 unspecified atom stereocenters. The summed E-state index contributed by atoms with van der Waals surface area (Å²) in [6.45, 7) is 18.4. The minimum atomic E-state index is -0.315. The predicted molar refractivity (Wildman–Crippen MR) is 181 cm³/mol. The highest BCUT2D eigenvalue weighted by molar-refractivity contribution is 7.26.